The van der Waals surface area contributed by atoms with Crippen LogP contribution in [0.3, 0.4) is 0 Å². The summed E-state index contributed by atoms with van der Waals surface area (Å²) in [5.74, 6) is 0.0267. The van der Waals surface area contributed by atoms with Crippen LogP contribution in [0.1, 0.15) is 17.3 Å². The van der Waals surface area contributed by atoms with Gasteiger partial charge in [0.2, 0.25) is 0 Å². The lowest BCUT2D eigenvalue weighted by atomic mass is 10.1. The molecule has 108 valence electrons. The average Bonchev–Trinajstić information content (AvgIpc) is 2.56. The van der Waals surface area contributed by atoms with Crippen LogP contribution in [-0.4, -0.2) is 25.5 Å². The van der Waals surface area contributed by atoms with E-state index in [0.717, 1.165) is 30.2 Å². The van der Waals surface area contributed by atoms with Crippen molar-refractivity contribution in [2.45, 2.75) is 6.92 Å². The molecule has 0 saturated carbocycles. The molecular weight excluding hydrogens is 262 g/mol. The Morgan fingerprint density at radius 3 is 2.48 bits per heavy atom. The number of benzene rings is 2. The molecule has 0 aliphatic carbocycles. The van der Waals surface area contributed by atoms with Crippen LogP contribution in [0.5, 0.6) is 0 Å². The highest BCUT2D eigenvalue weighted by Gasteiger charge is 2.18. The van der Waals surface area contributed by atoms with Crippen molar-refractivity contribution in [2.75, 3.05) is 35.2 Å². The monoisotopic (exact) mass is 281 g/mol. The van der Waals surface area contributed by atoms with Crippen LogP contribution in [0, 0.1) is 0 Å². The minimum atomic E-state index is 0.0267. The van der Waals surface area contributed by atoms with E-state index in [1.165, 1.54) is 0 Å². The number of hydrogen-bond donors (Lipinski definition) is 2. The molecule has 2 aromatic rings. The van der Waals surface area contributed by atoms with Gasteiger partial charge in [-0.25, -0.2) is 0 Å². The van der Waals surface area contributed by atoms with Gasteiger partial charge in [-0.2, -0.15) is 0 Å². The third-order valence-electron chi connectivity index (χ3n) is 3.65. The maximum absolute atomic E-state index is 12.7. The topological polar surface area (TPSA) is 44.4 Å². The number of carbonyl (C=O) groups excluding carboxylic acids is 1. The molecule has 0 spiro atoms. The molecule has 0 aromatic heterocycles. The number of hydrogen-bond acceptors (Lipinski definition) is 3. The highest BCUT2D eigenvalue weighted by molar-refractivity contribution is 6.07. The van der Waals surface area contributed by atoms with Gasteiger partial charge in [0.05, 0.1) is 11.4 Å². The van der Waals surface area contributed by atoms with E-state index in [4.69, 9.17) is 0 Å². The van der Waals surface area contributed by atoms with Gasteiger partial charge in [0.1, 0.15) is 0 Å². The van der Waals surface area contributed by atoms with Crippen molar-refractivity contribution < 1.29 is 4.79 Å². The Morgan fingerprint density at radius 2 is 1.76 bits per heavy atom. The first-order valence-electron chi connectivity index (χ1n) is 7.28. The molecule has 1 aliphatic heterocycles. The highest BCUT2D eigenvalue weighted by atomic mass is 16.2. The van der Waals surface area contributed by atoms with Gasteiger partial charge in [-0.15, -0.1) is 0 Å². The zero-order chi connectivity index (χ0) is 14.7. The molecule has 1 aliphatic rings. The summed E-state index contributed by atoms with van der Waals surface area (Å²) in [6.07, 6.45) is 0. The van der Waals surface area contributed by atoms with Crippen LogP contribution in [0.2, 0.25) is 0 Å². The summed E-state index contributed by atoms with van der Waals surface area (Å²) < 4.78 is 0. The van der Waals surface area contributed by atoms with Crippen LogP contribution in [0.4, 0.5) is 17.1 Å². The normalized spacial score (nSPS) is 12.8. The van der Waals surface area contributed by atoms with Crippen LogP contribution < -0.4 is 15.5 Å². The third kappa shape index (κ3) is 2.70. The fourth-order valence-electron chi connectivity index (χ4n) is 2.58. The number of carbonyl (C=O) groups is 1. The lowest BCUT2D eigenvalue weighted by Crippen LogP contribution is -2.31. The van der Waals surface area contributed by atoms with Gasteiger partial charge in [0, 0.05) is 30.9 Å². The first-order chi connectivity index (χ1) is 10.3. The Labute approximate surface area is 124 Å². The molecule has 21 heavy (non-hydrogen) atoms. The minimum Gasteiger partial charge on any atom is -0.382 e. The average molecular weight is 281 g/mol. The van der Waals surface area contributed by atoms with Gasteiger partial charge in [0.15, 0.2) is 0 Å². The summed E-state index contributed by atoms with van der Waals surface area (Å²) >= 11 is 0. The molecule has 4 nitrogen and oxygen atoms in total. The van der Waals surface area contributed by atoms with Gasteiger partial charge < -0.3 is 15.5 Å². The Hall–Kier alpha value is -2.49. The summed E-state index contributed by atoms with van der Waals surface area (Å²) in [4.78, 5) is 14.5. The largest absolute Gasteiger partial charge is 0.382 e. The quantitative estimate of drug-likeness (QED) is 0.908. The maximum Gasteiger partial charge on any atom is 0.258 e. The number of nitrogens with one attached hydrogen (secondary N) is 2. The number of rotatable bonds is 3. The predicted octanol–water partition coefficient (Wildman–Crippen LogP) is 3.19. The summed E-state index contributed by atoms with van der Waals surface area (Å²) in [7, 11) is 0. The molecule has 0 atom stereocenters. The molecule has 0 bridgehead atoms. The van der Waals surface area contributed by atoms with Crippen molar-refractivity contribution in [3.8, 4) is 0 Å². The Morgan fingerprint density at radius 1 is 1.05 bits per heavy atom. The van der Waals surface area contributed by atoms with E-state index in [-0.39, 0.29) is 5.91 Å². The molecule has 0 unspecified atom stereocenters. The van der Waals surface area contributed by atoms with Gasteiger partial charge in [-0.3, -0.25) is 4.79 Å². The van der Waals surface area contributed by atoms with E-state index in [0.29, 0.717) is 12.1 Å². The van der Waals surface area contributed by atoms with Crippen molar-refractivity contribution in [1.82, 2.24) is 0 Å². The van der Waals surface area contributed by atoms with Crippen molar-refractivity contribution in [3.05, 3.63) is 54.1 Å². The molecule has 0 saturated heterocycles. The number of amides is 1. The molecule has 1 heterocycles. The van der Waals surface area contributed by atoms with Gasteiger partial charge in [-0.05, 0) is 37.3 Å². The van der Waals surface area contributed by atoms with E-state index >= 15 is 0 Å². The van der Waals surface area contributed by atoms with E-state index in [1.807, 2.05) is 55.5 Å². The molecular formula is C17H19N3O. The van der Waals surface area contributed by atoms with Crippen LogP contribution in [0.15, 0.2) is 48.5 Å². The summed E-state index contributed by atoms with van der Waals surface area (Å²) in [6, 6.07) is 15.5. The van der Waals surface area contributed by atoms with Crippen LogP contribution in [0.25, 0.3) is 0 Å². The van der Waals surface area contributed by atoms with Crippen LogP contribution >= 0.6 is 0 Å². The zero-order valence-corrected chi connectivity index (χ0v) is 12.1. The SMILES string of the molecule is CCN(C(=O)c1ccc2c(c1)NCCN2)c1ccccc1. The Balaban J connectivity index is 1.90. The van der Waals surface area contributed by atoms with E-state index in [2.05, 4.69) is 10.6 Å². The molecule has 2 N–H and O–H groups in total. The van der Waals surface area contributed by atoms with Crippen LogP contribution in [-0.2, 0) is 0 Å². The standard InChI is InChI=1S/C17H19N3O/c1-2-20(14-6-4-3-5-7-14)17(21)13-8-9-15-16(12-13)19-11-10-18-15/h3-9,12,18-19H,2,10-11H2,1H3. The maximum atomic E-state index is 12.7. The third-order valence-corrected chi connectivity index (χ3v) is 3.65. The lowest BCUT2D eigenvalue weighted by molar-refractivity contribution is 0.0988. The van der Waals surface area contributed by atoms with E-state index in [9.17, 15) is 4.79 Å². The second kappa shape index (κ2) is 5.87. The summed E-state index contributed by atoms with van der Waals surface area (Å²) in [5.41, 5.74) is 3.68. The predicted molar refractivity (Wildman–Crippen MR) is 87.2 cm³/mol. The van der Waals surface area contributed by atoms with Crippen molar-refractivity contribution in [1.29, 1.82) is 0 Å². The fraction of sp³-hybridized carbons (Fsp3) is 0.235. The number of nitrogens with zero attached hydrogens (tertiary/aromatic N) is 1. The Kier molecular flexibility index (Phi) is 3.77. The molecule has 1 amide bonds. The van der Waals surface area contributed by atoms with E-state index in [1.54, 1.807) is 4.90 Å². The highest BCUT2D eigenvalue weighted by Crippen LogP contribution is 2.26. The number of para-hydroxylation sites is 1. The van der Waals surface area contributed by atoms with Crippen molar-refractivity contribution >= 4 is 23.0 Å². The molecule has 3 rings (SSSR count). The number of anilines is 3. The molecule has 4 heteroatoms. The second-order valence-corrected chi connectivity index (χ2v) is 5.00. The van der Waals surface area contributed by atoms with Gasteiger partial charge in [-0.1, -0.05) is 18.2 Å². The van der Waals surface area contributed by atoms with Gasteiger partial charge in [0.25, 0.3) is 5.91 Å². The first-order valence-corrected chi connectivity index (χ1v) is 7.28. The smallest absolute Gasteiger partial charge is 0.258 e. The van der Waals surface area contributed by atoms with E-state index < -0.39 is 0 Å². The number of fused-ring (bicyclic) bond motifs is 1. The Bertz CT molecular complexity index is 640. The molecule has 2 aromatic carbocycles. The van der Waals surface area contributed by atoms with Crippen molar-refractivity contribution in [2.24, 2.45) is 0 Å². The fourth-order valence-corrected chi connectivity index (χ4v) is 2.58. The van der Waals surface area contributed by atoms with Gasteiger partial charge >= 0.3 is 0 Å². The first kappa shape index (κ1) is 13.5. The zero-order valence-electron chi connectivity index (χ0n) is 12.1. The molecule has 0 radical (unpaired) electrons. The molecule has 0 fully saturated rings. The minimum absolute atomic E-state index is 0.0267. The van der Waals surface area contributed by atoms with Crippen molar-refractivity contribution in [3.63, 3.8) is 0 Å². The summed E-state index contributed by atoms with van der Waals surface area (Å²) in [6.45, 7) is 4.42. The lowest BCUT2D eigenvalue weighted by Gasteiger charge is -2.23. The summed E-state index contributed by atoms with van der Waals surface area (Å²) in [5, 5.41) is 6.64. The second-order valence-electron chi connectivity index (χ2n) is 5.00.